The number of hydrogen-bond acceptors (Lipinski definition) is 5. The van der Waals surface area contributed by atoms with Crippen LogP contribution in [-0.4, -0.2) is 78.8 Å². The summed E-state index contributed by atoms with van der Waals surface area (Å²) < 4.78 is 6.28. The van der Waals surface area contributed by atoms with Gasteiger partial charge in [0, 0.05) is 37.0 Å². The van der Waals surface area contributed by atoms with Gasteiger partial charge in [-0.25, -0.2) is 0 Å². The van der Waals surface area contributed by atoms with Crippen molar-refractivity contribution in [1.82, 2.24) is 9.80 Å². The first kappa shape index (κ1) is 16.6. The third kappa shape index (κ3) is 4.10. The summed E-state index contributed by atoms with van der Waals surface area (Å²) in [6.07, 6.45) is 5.01. The van der Waals surface area contributed by atoms with Gasteiger partial charge in [0.05, 0.1) is 12.7 Å². The molecular formula is C15H31N3OS. The lowest BCUT2D eigenvalue weighted by Crippen LogP contribution is -2.53. The average molecular weight is 302 g/mol. The van der Waals surface area contributed by atoms with Gasteiger partial charge in [-0.3, -0.25) is 4.90 Å². The largest absolute Gasteiger partial charge is 0.374 e. The molecule has 0 saturated carbocycles. The zero-order chi connectivity index (χ0) is 14.6. The predicted molar refractivity (Wildman–Crippen MR) is 87.4 cm³/mol. The van der Waals surface area contributed by atoms with E-state index in [0.29, 0.717) is 16.9 Å². The Bertz CT molecular complexity index is 287. The summed E-state index contributed by atoms with van der Waals surface area (Å²) >= 11 is 1.95. The Labute approximate surface area is 128 Å². The van der Waals surface area contributed by atoms with Crippen LogP contribution >= 0.6 is 11.8 Å². The Kier molecular flexibility index (Phi) is 6.17. The molecule has 2 rings (SSSR count). The molecule has 0 bridgehead atoms. The van der Waals surface area contributed by atoms with E-state index in [9.17, 15) is 0 Å². The molecule has 0 spiro atoms. The third-order valence-electron chi connectivity index (χ3n) is 4.93. The van der Waals surface area contributed by atoms with Crippen molar-refractivity contribution in [2.24, 2.45) is 5.73 Å². The normalized spacial score (nSPS) is 28.9. The second kappa shape index (κ2) is 7.45. The number of nitrogens with zero attached hydrogens (tertiary/aromatic N) is 2. The second-order valence-electron chi connectivity index (χ2n) is 6.47. The second-order valence-corrected chi connectivity index (χ2v) is 7.75. The van der Waals surface area contributed by atoms with Crippen LogP contribution in [0, 0.1) is 0 Å². The standard InChI is InChI=1S/C15H31N3OS/c1-13(2)18-8-9-19-14(11-18)10-17-6-4-15(12-16,20-3)5-7-17/h13-14H,4-12,16H2,1-3H3. The van der Waals surface area contributed by atoms with Crippen molar-refractivity contribution in [2.45, 2.75) is 43.6 Å². The fourth-order valence-electron chi connectivity index (χ4n) is 3.24. The lowest BCUT2D eigenvalue weighted by atomic mass is 9.95. The minimum absolute atomic E-state index is 0.327. The number of hydrogen-bond donors (Lipinski definition) is 1. The molecule has 2 saturated heterocycles. The van der Waals surface area contributed by atoms with Crippen LogP contribution in [0.5, 0.6) is 0 Å². The summed E-state index contributed by atoms with van der Waals surface area (Å²) in [5, 5.41) is 0. The van der Waals surface area contributed by atoms with Crippen molar-refractivity contribution in [3.63, 3.8) is 0 Å². The molecule has 0 aliphatic carbocycles. The fraction of sp³-hybridized carbons (Fsp3) is 1.00. The van der Waals surface area contributed by atoms with Gasteiger partial charge in [-0.1, -0.05) is 0 Å². The molecular weight excluding hydrogens is 270 g/mol. The number of piperidine rings is 1. The van der Waals surface area contributed by atoms with Crippen molar-refractivity contribution in [1.29, 1.82) is 0 Å². The van der Waals surface area contributed by atoms with Crippen molar-refractivity contribution < 1.29 is 4.74 Å². The van der Waals surface area contributed by atoms with Gasteiger partial charge < -0.3 is 15.4 Å². The van der Waals surface area contributed by atoms with Gasteiger partial charge in [0.1, 0.15) is 0 Å². The summed E-state index contributed by atoms with van der Waals surface area (Å²) in [5.41, 5.74) is 5.96. The molecule has 4 nitrogen and oxygen atoms in total. The first-order valence-corrected chi connectivity index (χ1v) is 9.14. The highest BCUT2D eigenvalue weighted by Gasteiger charge is 2.33. The van der Waals surface area contributed by atoms with Crippen LogP contribution in [0.4, 0.5) is 0 Å². The molecule has 20 heavy (non-hydrogen) atoms. The summed E-state index contributed by atoms with van der Waals surface area (Å²) in [6, 6.07) is 0.629. The van der Waals surface area contributed by atoms with Crippen molar-refractivity contribution in [3.05, 3.63) is 0 Å². The zero-order valence-corrected chi connectivity index (χ0v) is 14.1. The zero-order valence-electron chi connectivity index (χ0n) is 13.3. The lowest BCUT2D eigenvalue weighted by Gasteiger charge is -2.42. The molecule has 2 N–H and O–H groups in total. The maximum atomic E-state index is 5.96. The Morgan fingerprint density at radius 3 is 2.55 bits per heavy atom. The van der Waals surface area contributed by atoms with Crippen LogP contribution in [0.3, 0.4) is 0 Å². The van der Waals surface area contributed by atoms with Crippen LogP contribution in [0.25, 0.3) is 0 Å². The molecule has 1 unspecified atom stereocenters. The Morgan fingerprint density at radius 2 is 2.00 bits per heavy atom. The predicted octanol–water partition coefficient (Wildman–Crippen LogP) is 1.25. The smallest absolute Gasteiger partial charge is 0.0829 e. The topological polar surface area (TPSA) is 41.7 Å². The Balaban J connectivity index is 1.78. The molecule has 2 aliphatic rings. The number of morpholine rings is 1. The van der Waals surface area contributed by atoms with Crippen molar-refractivity contribution in [3.8, 4) is 0 Å². The molecule has 2 heterocycles. The molecule has 0 aromatic rings. The van der Waals surface area contributed by atoms with Gasteiger partial charge >= 0.3 is 0 Å². The first-order chi connectivity index (χ1) is 9.58. The quantitative estimate of drug-likeness (QED) is 0.828. The van der Waals surface area contributed by atoms with Gasteiger partial charge in [-0.15, -0.1) is 0 Å². The first-order valence-electron chi connectivity index (χ1n) is 7.92. The Hall–Kier alpha value is 0.190. The minimum atomic E-state index is 0.327. The van der Waals surface area contributed by atoms with E-state index in [-0.39, 0.29) is 0 Å². The van der Waals surface area contributed by atoms with Crippen molar-refractivity contribution in [2.75, 3.05) is 52.1 Å². The monoisotopic (exact) mass is 301 g/mol. The highest BCUT2D eigenvalue weighted by atomic mass is 32.2. The van der Waals surface area contributed by atoms with Crippen LogP contribution in [0.1, 0.15) is 26.7 Å². The number of rotatable bonds is 5. The summed E-state index contributed by atoms with van der Waals surface area (Å²) in [6.45, 7) is 11.8. The van der Waals surface area contributed by atoms with E-state index in [4.69, 9.17) is 10.5 Å². The van der Waals surface area contributed by atoms with Crippen LogP contribution < -0.4 is 5.73 Å². The molecule has 118 valence electrons. The van der Waals surface area contributed by atoms with E-state index in [1.165, 1.54) is 25.9 Å². The molecule has 0 amide bonds. The summed E-state index contributed by atoms with van der Waals surface area (Å²) in [7, 11) is 0. The lowest BCUT2D eigenvalue weighted by molar-refractivity contribution is -0.0544. The molecule has 0 radical (unpaired) electrons. The van der Waals surface area contributed by atoms with Gasteiger partial charge in [0.15, 0.2) is 0 Å². The van der Waals surface area contributed by atoms with E-state index < -0.39 is 0 Å². The number of likely N-dealkylation sites (tertiary alicyclic amines) is 1. The van der Waals surface area contributed by atoms with Gasteiger partial charge in [-0.05, 0) is 46.0 Å². The van der Waals surface area contributed by atoms with Crippen molar-refractivity contribution >= 4 is 11.8 Å². The number of ether oxygens (including phenoxy) is 1. The van der Waals surface area contributed by atoms with Gasteiger partial charge in [-0.2, -0.15) is 11.8 Å². The summed E-state index contributed by atoms with van der Waals surface area (Å²) in [5.74, 6) is 0. The Morgan fingerprint density at radius 1 is 1.30 bits per heavy atom. The third-order valence-corrected chi connectivity index (χ3v) is 6.38. The maximum absolute atomic E-state index is 5.96. The number of nitrogens with two attached hydrogens (primary N) is 1. The summed E-state index contributed by atoms with van der Waals surface area (Å²) in [4.78, 5) is 5.10. The maximum Gasteiger partial charge on any atom is 0.0829 e. The molecule has 2 aliphatic heterocycles. The van der Waals surface area contributed by atoms with E-state index in [1.54, 1.807) is 0 Å². The number of thioether (sulfide) groups is 1. The molecule has 5 heteroatoms. The molecule has 1 atom stereocenters. The van der Waals surface area contributed by atoms with E-state index >= 15 is 0 Å². The van der Waals surface area contributed by atoms with Gasteiger partial charge in [0.2, 0.25) is 0 Å². The molecule has 2 fully saturated rings. The van der Waals surface area contributed by atoms with Crippen LogP contribution in [0.15, 0.2) is 0 Å². The average Bonchev–Trinajstić information content (AvgIpc) is 2.49. The van der Waals surface area contributed by atoms with Crippen LogP contribution in [0.2, 0.25) is 0 Å². The van der Waals surface area contributed by atoms with E-state index in [2.05, 4.69) is 29.9 Å². The molecule has 0 aromatic heterocycles. The highest BCUT2D eigenvalue weighted by molar-refractivity contribution is 8.00. The molecule has 0 aromatic carbocycles. The van der Waals surface area contributed by atoms with E-state index in [0.717, 1.165) is 32.8 Å². The SMILES string of the molecule is CSC1(CN)CCN(CC2CN(C(C)C)CCO2)CC1. The fourth-order valence-corrected chi connectivity index (χ4v) is 4.00. The van der Waals surface area contributed by atoms with E-state index in [1.807, 2.05) is 11.8 Å². The minimum Gasteiger partial charge on any atom is -0.374 e. The van der Waals surface area contributed by atoms with Gasteiger partial charge in [0.25, 0.3) is 0 Å². The van der Waals surface area contributed by atoms with Crippen LogP contribution in [-0.2, 0) is 4.74 Å². The highest BCUT2D eigenvalue weighted by Crippen LogP contribution is 2.33.